The largest absolute Gasteiger partial charge is 0.497 e. The first-order chi connectivity index (χ1) is 8.72. The van der Waals surface area contributed by atoms with Crippen LogP contribution in [-0.4, -0.2) is 23.0 Å². The van der Waals surface area contributed by atoms with Crippen LogP contribution in [0.15, 0.2) is 30.3 Å². The van der Waals surface area contributed by atoms with E-state index in [2.05, 4.69) is 9.97 Å². The molecular weight excluding hydrogens is 248 g/mol. The summed E-state index contributed by atoms with van der Waals surface area (Å²) in [6.45, 7) is 1.96. The van der Waals surface area contributed by atoms with Crippen LogP contribution in [0.1, 0.15) is 11.5 Å². The standard InChI is InChI=1S/C14H15ClN2O/c1-10-9-13(17-14(16-10)7-8-15)11-3-5-12(18-2)6-4-11/h3-6,9H,7-8H2,1-2H3. The van der Waals surface area contributed by atoms with E-state index >= 15 is 0 Å². The van der Waals surface area contributed by atoms with Crippen molar-refractivity contribution in [1.82, 2.24) is 9.97 Å². The van der Waals surface area contributed by atoms with Crippen LogP contribution in [-0.2, 0) is 6.42 Å². The Morgan fingerprint density at radius 2 is 1.89 bits per heavy atom. The summed E-state index contributed by atoms with van der Waals surface area (Å²) < 4.78 is 5.14. The van der Waals surface area contributed by atoms with Crippen molar-refractivity contribution in [1.29, 1.82) is 0 Å². The van der Waals surface area contributed by atoms with E-state index in [0.717, 1.165) is 28.5 Å². The third-order valence-corrected chi connectivity index (χ3v) is 2.79. The number of aryl methyl sites for hydroxylation is 2. The quantitative estimate of drug-likeness (QED) is 0.794. The first-order valence-corrected chi connectivity index (χ1v) is 6.31. The van der Waals surface area contributed by atoms with Gasteiger partial charge in [-0.15, -0.1) is 11.6 Å². The number of aromatic nitrogens is 2. The lowest BCUT2D eigenvalue weighted by atomic mass is 10.1. The molecule has 0 N–H and O–H groups in total. The van der Waals surface area contributed by atoms with E-state index < -0.39 is 0 Å². The number of nitrogens with zero attached hydrogens (tertiary/aromatic N) is 2. The topological polar surface area (TPSA) is 35.0 Å². The van der Waals surface area contributed by atoms with E-state index in [1.807, 2.05) is 37.3 Å². The zero-order chi connectivity index (χ0) is 13.0. The summed E-state index contributed by atoms with van der Waals surface area (Å²) in [6, 6.07) is 9.80. The maximum absolute atomic E-state index is 5.73. The first kappa shape index (κ1) is 12.8. The van der Waals surface area contributed by atoms with Crippen molar-refractivity contribution in [3.63, 3.8) is 0 Å². The molecule has 0 saturated carbocycles. The molecule has 1 aromatic heterocycles. The van der Waals surface area contributed by atoms with E-state index in [4.69, 9.17) is 16.3 Å². The zero-order valence-corrected chi connectivity index (χ0v) is 11.2. The van der Waals surface area contributed by atoms with Gasteiger partial charge in [0.15, 0.2) is 0 Å². The Hall–Kier alpha value is -1.61. The summed E-state index contributed by atoms with van der Waals surface area (Å²) >= 11 is 5.73. The molecule has 0 amide bonds. The summed E-state index contributed by atoms with van der Waals surface area (Å²) in [5, 5.41) is 0. The summed E-state index contributed by atoms with van der Waals surface area (Å²) in [5.41, 5.74) is 2.93. The molecule has 0 bridgehead atoms. The lowest BCUT2D eigenvalue weighted by Crippen LogP contribution is -2.00. The Bertz CT molecular complexity index is 526. The number of alkyl halides is 1. The summed E-state index contributed by atoms with van der Waals surface area (Å²) in [7, 11) is 1.66. The van der Waals surface area contributed by atoms with Gasteiger partial charge < -0.3 is 4.74 Å². The minimum Gasteiger partial charge on any atom is -0.497 e. The monoisotopic (exact) mass is 262 g/mol. The van der Waals surface area contributed by atoms with Gasteiger partial charge in [0.2, 0.25) is 0 Å². The minimum absolute atomic E-state index is 0.533. The lowest BCUT2D eigenvalue weighted by Gasteiger charge is -2.06. The number of hydrogen-bond donors (Lipinski definition) is 0. The van der Waals surface area contributed by atoms with Crippen molar-refractivity contribution in [3.8, 4) is 17.0 Å². The smallest absolute Gasteiger partial charge is 0.130 e. The van der Waals surface area contributed by atoms with E-state index in [-0.39, 0.29) is 0 Å². The molecule has 18 heavy (non-hydrogen) atoms. The number of halogens is 1. The number of methoxy groups -OCH3 is 1. The number of ether oxygens (including phenoxy) is 1. The second-order valence-corrected chi connectivity index (χ2v) is 4.36. The highest BCUT2D eigenvalue weighted by Gasteiger charge is 2.04. The fourth-order valence-corrected chi connectivity index (χ4v) is 1.91. The molecule has 4 heteroatoms. The Balaban J connectivity index is 2.36. The number of rotatable bonds is 4. The molecule has 0 unspecified atom stereocenters. The van der Waals surface area contributed by atoms with Gasteiger partial charge in [-0.3, -0.25) is 0 Å². The molecule has 0 spiro atoms. The highest BCUT2D eigenvalue weighted by molar-refractivity contribution is 6.17. The Morgan fingerprint density at radius 1 is 1.17 bits per heavy atom. The average Bonchev–Trinajstić information content (AvgIpc) is 2.38. The van der Waals surface area contributed by atoms with Gasteiger partial charge in [0.25, 0.3) is 0 Å². The van der Waals surface area contributed by atoms with Gasteiger partial charge in [-0.05, 0) is 37.3 Å². The van der Waals surface area contributed by atoms with Crippen LogP contribution >= 0.6 is 11.6 Å². The molecule has 0 atom stereocenters. The van der Waals surface area contributed by atoms with E-state index in [9.17, 15) is 0 Å². The molecule has 1 aromatic carbocycles. The Labute approximate surface area is 112 Å². The van der Waals surface area contributed by atoms with Gasteiger partial charge in [0.05, 0.1) is 12.8 Å². The molecule has 1 heterocycles. The maximum Gasteiger partial charge on any atom is 0.130 e. The molecule has 0 aliphatic heterocycles. The Morgan fingerprint density at radius 3 is 2.50 bits per heavy atom. The maximum atomic E-state index is 5.73. The van der Waals surface area contributed by atoms with Gasteiger partial charge in [0, 0.05) is 23.6 Å². The van der Waals surface area contributed by atoms with Gasteiger partial charge in [-0.1, -0.05) is 0 Å². The fourth-order valence-electron chi connectivity index (χ4n) is 1.74. The van der Waals surface area contributed by atoms with Crippen LogP contribution in [0.4, 0.5) is 0 Å². The van der Waals surface area contributed by atoms with Crippen molar-refractivity contribution in [2.75, 3.05) is 13.0 Å². The van der Waals surface area contributed by atoms with Crippen LogP contribution in [0.5, 0.6) is 5.75 Å². The molecule has 94 valence electrons. The van der Waals surface area contributed by atoms with Crippen molar-refractivity contribution < 1.29 is 4.74 Å². The second-order valence-electron chi connectivity index (χ2n) is 3.98. The molecular formula is C14H15ClN2O. The minimum atomic E-state index is 0.533. The van der Waals surface area contributed by atoms with Gasteiger partial charge in [0.1, 0.15) is 11.6 Å². The molecule has 0 saturated heterocycles. The van der Waals surface area contributed by atoms with Crippen LogP contribution in [0.3, 0.4) is 0 Å². The fraction of sp³-hybridized carbons (Fsp3) is 0.286. The number of benzene rings is 1. The van der Waals surface area contributed by atoms with Crippen molar-refractivity contribution in [2.24, 2.45) is 0 Å². The molecule has 3 nitrogen and oxygen atoms in total. The predicted octanol–water partition coefficient (Wildman–Crippen LogP) is 3.24. The molecule has 2 aromatic rings. The van der Waals surface area contributed by atoms with Crippen molar-refractivity contribution in [3.05, 3.63) is 41.9 Å². The lowest BCUT2D eigenvalue weighted by molar-refractivity contribution is 0.415. The van der Waals surface area contributed by atoms with Crippen LogP contribution in [0.25, 0.3) is 11.3 Å². The summed E-state index contributed by atoms with van der Waals surface area (Å²) in [5.74, 6) is 2.16. The number of hydrogen-bond acceptors (Lipinski definition) is 3. The molecule has 2 rings (SSSR count). The normalized spacial score (nSPS) is 10.4. The summed E-state index contributed by atoms with van der Waals surface area (Å²) in [6.07, 6.45) is 0.687. The Kier molecular flexibility index (Phi) is 4.15. The molecule has 0 aliphatic rings. The van der Waals surface area contributed by atoms with Crippen molar-refractivity contribution >= 4 is 11.6 Å². The van der Waals surface area contributed by atoms with E-state index in [1.54, 1.807) is 7.11 Å². The summed E-state index contributed by atoms with van der Waals surface area (Å²) in [4.78, 5) is 8.88. The third-order valence-electron chi connectivity index (χ3n) is 2.60. The third kappa shape index (κ3) is 2.99. The molecule has 0 fully saturated rings. The highest BCUT2D eigenvalue weighted by atomic mass is 35.5. The van der Waals surface area contributed by atoms with Gasteiger partial charge in [-0.2, -0.15) is 0 Å². The second kappa shape index (κ2) is 5.83. The first-order valence-electron chi connectivity index (χ1n) is 5.78. The van der Waals surface area contributed by atoms with Crippen molar-refractivity contribution in [2.45, 2.75) is 13.3 Å². The average molecular weight is 263 g/mol. The molecule has 0 radical (unpaired) electrons. The van der Waals surface area contributed by atoms with Gasteiger partial charge in [-0.25, -0.2) is 9.97 Å². The van der Waals surface area contributed by atoms with Crippen LogP contribution in [0, 0.1) is 6.92 Å². The SMILES string of the molecule is COc1ccc(-c2cc(C)nc(CCCl)n2)cc1. The van der Waals surface area contributed by atoms with E-state index in [1.165, 1.54) is 0 Å². The van der Waals surface area contributed by atoms with Crippen LogP contribution in [0.2, 0.25) is 0 Å². The zero-order valence-electron chi connectivity index (χ0n) is 10.5. The van der Waals surface area contributed by atoms with Crippen LogP contribution < -0.4 is 4.74 Å². The van der Waals surface area contributed by atoms with E-state index in [0.29, 0.717) is 12.3 Å². The van der Waals surface area contributed by atoms with Gasteiger partial charge >= 0.3 is 0 Å². The highest BCUT2D eigenvalue weighted by Crippen LogP contribution is 2.21. The molecule has 0 aliphatic carbocycles. The predicted molar refractivity (Wildman–Crippen MR) is 73.2 cm³/mol.